The van der Waals surface area contributed by atoms with Crippen LogP contribution in [0, 0.1) is 0 Å². The Balaban J connectivity index is 2.15. The van der Waals surface area contributed by atoms with E-state index in [1.165, 1.54) is 22.5 Å². The number of carbonyl (C=O) groups excluding carboxylic acids is 2. The Morgan fingerprint density at radius 3 is 2.31 bits per heavy atom. The van der Waals surface area contributed by atoms with Crippen molar-refractivity contribution in [3.8, 4) is 0 Å². The second kappa shape index (κ2) is 9.91. The van der Waals surface area contributed by atoms with Gasteiger partial charge in [-0.1, -0.05) is 25.4 Å². The molecule has 0 N–H and O–H groups in total. The Bertz CT molecular complexity index is 844. The number of carbonyl (C=O) groups is 2. The summed E-state index contributed by atoms with van der Waals surface area (Å²) in [5, 5.41) is 0.0282. The molecule has 9 heteroatoms. The first-order valence-corrected chi connectivity index (χ1v) is 11.7. The lowest BCUT2D eigenvalue weighted by Gasteiger charge is -2.38. The van der Waals surface area contributed by atoms with Crippen molar-refractivity contribution in [2.75, 3.05) is 19.7 Å². The number of hydrogen-bond acceptors (Lipinski definition) is 5. The summed E-state index contributed by atoms with van der Waals surface area (Å²) >= 11 is 6.09. The van der Waals surface area contributed by atoms with Crippen LogP contribution in [0.2, 0.25) is 5.02 Å². The van der Waals surface area contributed by atoms with Gasteiger partial charge in [0.2, 0.25) is 10.0 Å². The second-order valence-electron chi connectivity index (χ2n) is 7.24. The minimum absolute atomic E-state index is 0.0282. The lowest BCUT2D eigenvalue weighted by molar-refractivity contribution is -0.140. The van der Waals surface area contributed by atoms with Crippen LogP contribution in [0.15, 0.2) is 23.1 Å². The molecular weight excluding hydrogens is 416 g/mol. The number of halogens is 1. The van der Waals surface area contributed by atoms with Gasteiger partial charge in [0, 0.05) is 25.2 Å². The molecule has 7 nitrogen and oxygen atoms in total. The fourth-order valence-electron chi connectivity index (χ4n) is 3.73. The van der Waals surface area contributed by atoms with Crippen molar-refractivity contribution in [1.29, 1.82) is 0 Å². The van der Waals surface area contributed by atoms with Crippen molar-refractivity contribution in [2.24, 2.45) is 0 Å². The molecule has 1 aliphatic heterocycles. The van der Waals surface area contributed by atoms with Gasteiger partial charge in [-0.05, 0) is 51.3 Å². The number of hydrogen-bond donors (Lipinski definition) is 0. The monoisotopic (exact) mass is 444 g/mol. The number of benzene rings is 1. The summed E-state index contributed by atoms with van der Waals surface area (Å²) in [4.78, 5) is 26.6. The fourth-order valence-corrected chi connectivity index (χ4v) is 5.69. The van der Waals surface area contributed by atoms with E-state index in [1.54, 1.807) is 18.7 Å². The maximum Gasteiger partial charge on any atom is 0.338 e. The van der Waals surface area contributed by atoms with Crippen molar-refractivity contribution in [2.45, 2.75) is 63.9 Å². The maximum atomic E-state index is 12.8. The predicted molar refractivity (Wildman–Crippen MR) is 111 cm³/mol. The molecule has 0 aliphatic carbocycles. The van der Waals surface area contributed by atoms with Crippen molar-refractivity contribution >= 4 is 33.5 Å². The molecule has 2 atom stereocenters. The largest absolute Gasteiger partial charge is 0.452 e. The molecule has 1 amide bonds. The first kappa shape index (κ1) is 23.6. The Kier molecular flexibility index (Phi) is 8.08. The van der Waals surface area contributed by atoms with E-state index >= 15 is 0 Å². The van der Waals surface area contributed by atoms with Gasteiger partial charge in [-0.3, -0.25) is 4.79 Å². The van der Waals surface area contributed by atoms with E-state index in [1.807, 2.05) is 13.8 Å². The maximum absolute atomic E-state index is 12.8. The molecule has 1 aromatic rings. The zero-order valence-electron chi connectivity index (χ0n) is 17.4. The third-order valence-electron chi connectivity index (χ3n) is 5.30. The minimum atomic E-state index is -3.83. The van der Waals surface area contributed by atoms with Crippen molar-refractivity contribution in [1.82, 2.24) is 9.21 Å². The molecule has 1 fully saturated rings. The van der Waals surface area contributed by atoms with Crippen LogP contribution < -0.4 is 0 Å². The van der Waals surface area contributed by atoms with Crippen molar-refractivity contribution in [3.63, 3.8) is 0 Å². The molecule has 0 radical (unpaired) electrons. The molecule has 1 aliphatic rings. The zero-order valence-corrected chi connectivity index (χ0v) is 18.9. The third-order valence-corrected chi connectivity index (χ3v) is 7.83. The van der Waals surface area contributed by atoms with E-state index in [0.717, 1.165) is 19.3 Å². The van der Waals surface area contributed by atoms with Gasteiger partial charge in [0.05, 0.1) is 10.6 Å². The van der Waals surface area contributed by atoms with Crippen LogP contribution in [0.1, 0.15) is 57.3 Å². The molecular formula is C20H29ClN2O5S. The summed E-state index contributed by atoms with van der Waals surface area (Å²) < 4.78 is 32.0. The van der Waals surface area contributed by atoms with Crippen LogP contribution in [0.5, 0.6) is 0 Å². The fraction of sp³-hybridized carbons (Fsp3) is 0.600. The highest BCUT2D eigenvalue weighted by molar-refractivity contribution is 7.89. The Hall–Kier alpha value is -1.64. The van der Waals surface area contributed by atoms with Crippen molar-refractivity contribution < 1.29 is 22.7 Å². The molecule has 162 valence electrons. The normalized spacial score (nSPS) is 20.0. The van der Waals surface area contributed by atoms with Crippen LogP contribution in [-0.2, 0) is 19.6 Å². The summed E-state index contributed by atoms with van der Waals surface area (Å²) in [6, 6.07) is 4.15. The van der Waals surface area contributed by atoms with E-state index in [0.29, 0.717) is 0 Å². The average Bonchev–Trinajstić information content (AvgIpc) is 2.66. The summed E-state index contributed by atoms with van der Waals surface area (Å²) in [7, 11) is -3.83. The van der Waals surface area contributed by atoms with Gasteiger partial charge in [0.25, 0.3) is 5.91 Å². The summed E-state index contributed by atoms with van der Waals surface area (Å²) in [6.07, 6.45) is 2.92. The Labute approximate surface area is 178 Å². The van der Waals surface area contributed by atoms with Crippen LogP contribution in [-0.4, -0.2) is 61.3 Å². The lowest BCUT2D eigenvalue weighted by atomic mass is 9.97. The molecule has 0 aromatic heterocycles. The first-order chi connectivity index (χ1) is 13.6. The van der Waals surface area contributed by atoms with Crippen molar-refractivity contribution in [3.05, 3.63) is 28.8 Å². The topological polar surface area (TPSA) is 84.0 Å². The molecule has 0 bridgehead atoms. The van der Waals surface area contributed by atoms with Gasteiger partial charge in [-0.15, -0.1) is 0 Å². The van der Waals surface area contributed by atoms with Gasteiger partial charge < -0.3 is 9.64 Å². The standard InChI is InChI=1S/C20H29ClN2O5S/c1-5-22(6-2)29(26,27)18-12-16(10-11-17(18)21)20(25)28-13-19(24)23-14(3)8-7-9-15(23)4/h10-12,14-15H,5-9,13H2,1-4H3/t14-,15+. The average molecular weight is 445 g/mol. The number of likely N-dealkylation sites (tertiary alicyclic amines) is 1. The number of ether oxygens (including phenoxy) is 1. The van der Waals surface area contributed by atoms with Crippen LogP contribution >= 0.6 is 11.6 Å². The molecule has 0 saturated carbocycles. The Morgan fingerprint density at radius 2 is 1.76 bits per heavy atom. The predicted octanol–water partition coefficient (Wildman–Crippen LogP) is 3.32. The molecule has 1 aromatic carbocycles. The van der Waals surface area contributed by atoms with Crippen LogP contribution in [0.25, 0.3) is 0 Å². The number of rotatable bonds is 7. The van der Waals surface area contributed by atoms with Gasteiger partial charge in [-0.25, -0.2) is 13.2 Å². The number of esters is 1. The van der Waals surface area contributed by atoms with Gasteiger partial charge in [0.1, 0.15) is 4.90 Å². The minimum Gasteiger partial charge on any atom is -0.452 e. The summed E-state index contributed by atoms with van der Waals surface area (Å²) in [5.41, 5.74) is 0.0349. The summed E-state index contributed by atoms with van der Waals surface area (Å²) in [5.74, 6) is -1.01. The van der Waals surface area contributed by atoms with Gasteiger partial charge in [0.15, 0.2) is 6.61 Å². The molecule has 0 unspecified atom stereocenters. The number of sulfonamides is 1. The van der Waals surface area contributed by atoms with Crippen LogP contribution in [0.3, 0.4) is 0 Å². The second-order valence-corrected chi connectivity index (χ2v) is 9.55. The first-order valence-electron chi connectivity index (χ1n) is 9.91. The third kappa shape index (κ3) is 5.29. The highest BCUT2D eigenvalue weighted by Crippen LogP contribution is 2.26. The highest BCUT2D eigenvalue weighted by Gasteiger charge is 2.30. The molecule has 0 spiro atoms. The van der Waals surface area contributed by atoms with E-state index in [4.69, 9.17) is 16.3 Å². The SMILES string of the molecule is CCN(CC)S(=O)(=O)c1cc(C(=O)OCC(=O)N2[C@H](C)CCC[C@@H]2C)ccc1Cl. The smallest absolute Gasteiger partial charge is 0.338 e. The lowest BCUT2D eigenvalue weighted by Crippen LogP contribution is -2.49. The van der Waals surface area contributed by atoms with E-state index < -0.39 is 16.0 Å². The number of amides is 1. The summed E-state index contributed by atoms with van der Waals surface area (Å²) in [6.45, 7) is 7.60. The van der Waals surface area contributed by atoms with Gasteiger partial charge in [-0.2, -0.15) is 4.31 Å². The zero-order chi connectivity index (χ0) is 21.8. The molecule has 1 heterocycles. The van der Waals surface area contributed by atoms with Crippen LogP contribution in [0.4, 0.5) is 0 Å². The van der Waals surface area contributed by atoms with E-state index in [-0.39, 0.29) is 53.2 Å². The molecule has 2 rings (SSSR count). The van der Waals surface area contributed by atoms with Gasteiger partial charge >= 0.3 is 5.97 Å². The Morgan fingerprint density at radius 1 is 1.17 bits per heavy atom. The van der Waals surface area contributed by atoms with E-state index in [9.17, 15) is 18.0 Å². The molecule has 29 heavy (non-hydrogen) atoms. The quantitative estimate of drug-likeness (QED) is 0.602. The molecule has 1 saturated heterocycles. The number of nitrogens with zero attached hydrogens (tertiary/aromatic N) is 2. The number of piperidine rings is 1. The van der Waals surface area contributed by atoms with E-state index in [2.05, 4.69) is 0 Å². The highest BCUT2D eigenvalue weighted by atomic mass is 35.5.